The summed E-state index contributed by atoms with van der Waals surface area (Å²) in [5.41, 5.74) is 7.13. The quantitative estimate of drug-likeness (QED) is 0.190. The summed E-state index contributed by atoms with van der Waals surface area (Å²) in [4.78, 5) is 32.0. The topological polar surface area (TPSA) is 162 Å². The lowest BCUT2D eigenvalue weighted by Gasteiger charge is -2.31. The number of anilines is 3. The van der Waals surface area contributed by atoms with Gasteiger partial charge in [0.25, 0.3) is 0 Å². The standard InChI is InChI=1S/C31H32FN5O7S/c1-42-25-15-21(23(32)16-26(25)43-2)28(35-18-6-8-20-17(13-18)10-11-34-29(20)33)30(38)37-12-4-5-24(37)22-14-19(36-31(39)44-3)7-9-27(22)45(40)41/h6-11,13-16,24,28,35,45H,4-5,12H2,1-3H3,(H2,33,34)(H,36,39)/t24-,28+/m1/s1. The number of aromatic nitrogens is 1. The fourth-order valence-corrected chi connectivity index (χ4v) is 6.20. The smallest absolute Gasteiger partial charge is 0.411 e. The highest BCUT2D eigenvalue weighted by Gasteiger charge is 2.38. The first-order valence-electron chi connectivity index (χ1n) is 13.9. The first-order valence-corrected chi connectivity index (χ1v) is 15.1. The molecule has 4 aromatic rings. The SMILES string of the molecule is COC(=O)Nc1ccc([SH](=O)=O)c([C@H]2CCCN2C(=O)[C@@H](Nc2ccc3c(N)nccc3c2)c2cc(OC)c(OC)cc2F)c1. The number of nitrogens with zero attached hydrogens (tertiary/aromatic N) is 2. The zero-order valence-corrected chi connectivity index (χ0v) is 25.6. The molecule has 1 aromatic heterocycles. The van der Waals surface area contributed by atoms with Crippen molar-refractivity contribution in [2.45, 2.75) is 29.8 Å². The predicted molar refractivity (Wildman–Crippen MR) is 167 cm³/mol. The van der Waals surface area contributed by atoms with E-state index in [2.05, 4.69) is 20.4 Å². The number of methoxy groups -OCH3 is 3. The van der Waals surface area contributed by atoms with E-state index in [0.717, 1.165) is 11.5 Å². The molecule has 1 aliphatic rings. The van der Waals surface area contributed by atoms with Gasteiger partial charge in [-0.2, -0.15) is 0 Å². The van der Waals surface area contributed by atoms with E-state index in [0.29, 0.717) is 41.0 Å². The Morgan fingerprint density at radius 2 is 1.76 bits per heavy atom. The molecule has 2 heterocycles. The third-order valence-electron chi connectivity index (χ3n) is 7.72. The number of nitrogen functional groups attached to an aromatic ring is 1. The molecule has 1 saturated heterocycles. The normalized spacial score (nSPS) is 15.1. The van der Waals surface area contributed by atoms with E-state index in [1.807, 2.05) is 0 Å². The summed E-state index contributed by atoms with van der Waals surface area (Å²) in [6.07, 6.45) is 1.83. The van der Waals surface area contributed by atoms with Gasteiger partial charge in [-0.05, 0) is 72.3 Å². The van der Waals surface area contributed by atoms with E-state index in [-0.39, 0.29) is 28.5 Å². The van der Waals surface area contributed by atoms with Crippen LogP contribution in [0, 0.1) is 5.82 Å². The number of amides is 2. The van der Waals surface area contributed by atoms with Crippen LogP contribution in [0.15, 0.2) is 65.7 Å². The average molecular weight is 638 g/mol. The number of nitrogens with two attached hydrogens (primary N) is 1. The molecule has 0 bridgehead atoms. The Morgan fingerprint density at radius 1 is 1.02 bits per heavy atom. The number of rotatable bonds is 9. The monoisotopic (exact) mass is 637 g/mol. The third-order valence-corrected chi connectivity index (χ3v) is 8.52. The lowest BCUT2D eigenvalue weighted by atomic mass is 10.00. The van der Waals surface area contributed by atoms with Crippen molar-refractivity contribution in [2.24, 2.45) is 0 Å². The predicted octanol–water partition coefficient (Wildman–Crippen LogP) is 4.64. The summed E-state index contributed by atoms with van der Waals surface area (Å²) in [5.74, 6) is -0.506. The number of nitrogens with one attached hydrogen (secondary N) is 2. The van der Waals surface area contributed by atoms with Crippen LogP contribution >= 0.6 is 0 Å². The molecule has 1 aliphatic heterocycles. The largest absolute Gasteiger partial charge is 0.493 e. The Labute approximate surface area is 260 Å². The second-order valence-corrected chi connectivity index (χ2v) is 11.3. The number of carbonyl (C=O) groups excluding carboxylic acids is 2. The van der Waals surface area contributed by atoms with Gasteiger partial charge in [-0.3, -0.25) is 10.1 Å². The van der Waals surface area contributed by atoms with Crippen LogP contribution in [-0.2, 0) is 20.2 Å². The van der Waals surface area contributed by atoms with Crippen molar-refractivity contribution in [2.75, 3.05) is 44.2 Å². The van der Waals surface area contributed by atoms with Gasteiger partial charge in [0.1, 0.15) is 17.7 Å². The van der Waals surface area contributed by atoms with Gasteiger partial charge in [0.15, 0.2) is 22.2 Å². The number of thiol groups is 1. The molecular weight excluding hydrogens is 605 g/mol. The highest BCUT2D eigenvalue weighted by atomic mass is 32.2. The molecule has 236 valence electrons. The van der Waals surface area contributed by atoms with E-state index < -0.39 is 40.6 Å². The summed E-state index contributed by atoms with van der Waals surface area (Å²) >= 11 is 0. The Morgan fingerprint density at radius 3 is 2.47 bits per heavy atom. The molecule has 0 radical (unpaired) electrons. The van der Waals surface area contributed by atoms with Gasteiger partial charge < -0.3 is 30.2 Å². The van der Waals surface area contributed by atoms with Crippen LogP contribution in [-0.4, -0.2) is 58.2 Å². The van der Waals surface area contributed by atoms with E-state index in [1.165, 1.54) is 50.5 Å². The number of hydrogen-bond acceptors (Lipinski definition) is 10. The highest BCUT2D eigenvalue weighted by Crippen LogP contribution is 2.40. The maximum atomic E-state index is 15.8. The Hall–Kier alpha value is -5.11. The molecule has 12 nitrogen and oxygen atoms in total. The van der Waals surface area contributed by atoms with E-state index >= 15 is 4.39 Å². The molecule has 0 spiro atoms. The summed E-state index contributed by atoms with van der Waals surface area (Å²) in [5, 5.41) is 7.18. The number of ether oxygens (including phenoxy) is 3. The molecule has 3 aromatic carbocycles. The van der Waals surface area contributed by atoms with Gasteiger partial charge in [0.2, 0.25) is 5.91 Å². The Bertz CT molecular complexity index is 1840. The van der Waals surface area contributed by atoms with Crippen LogP contribution < -0.4 is 25.8 Å². The molecule has 5 rings (SSSR count). The number of halogens is 1. The van der Waals surface area contributed by atoms with Crippen molar-refractivity contribution < 1.29 is 36.6 Å². The molecule has 0 aliphatic carbocycles. The van der Waals surface area contributed by atoms with Crippen molar-refractivity contribution in [1.82, 2.24) is 9.88 Å². The van der Waals surface area contributed by atoms with Crippen LogP contribution in [0.5, 0.6) is 11.5 Å². The number of likely N-dealkylation sites (tertiary alicyclic amines) is 1. The second kappa shape index (κ2) is 13.3. The van der Waals surface area contributed by atoms with Gasteiger partial charge >= 0.3 is 6.09 Å². The zero-order chi connectivity index (χ0) is 32.2. The number of pyridine rings is 1. The lowest BCUT2D eigenvalue weighted by molar-refractivity contribution is -0.133. The Balaban J connectivity index is 1.59. The number of carbonyl (C=O) groups is 2. The van der Waals surface area contributed by atoms with Crippen molar-refractivity contribution >= 4 is 50.7 Å². The fraction of sp³-hybridized carbons (Fsp3) is 0.258. The van der Waals surface area contributed by atoms with Gasteiger partial charge in [0.05, 0.1) is 32.3 Å². The highest BCUT2D eigenvalue weighted by molar-refractivity contribution is 7.72. The zero-order valence-electron chi connectivity index (χ0n) is 24.7. The second-order valence-electron chi connectivity index (χ2n) is 10.3. The summed E-state index contributed by atoms with van der Waals surface area (Å²) in [6.45, 7) is 0.278. The maximum absolute atomic E-state index is 15.8. The summed E-state index contributed by atoms with van der Waals surface area (Å²) < 4.78 is 55.6. The molecule has 0 unspecified atom stereocenters. The molecule has 4 N–H and O–H groups in total. The third kappa shape index (κ3) is 6.41. The van der Waals surface area contributed by atoms with E-state index in [9.17, 15) is 18.0 Å². The minimum atomic E-state index is -3.05. The molecule has 2 atom stereocenters. The number of benzene rings is 3. The minimum Gasteiger partial charge on any atom is -0.493 e. The van der Waals surface area contributed by atoms with Crippen molar-refractivity contribution in [3.63, 3.8) is 0 Å². The van der Waals surface area contributed by atoms with Crippen molar-refractivity contribution in [1.29, 1.82) is 0 Å². The first-order chi connectivity index (χ1) is 21.6. The van der Waals surface area contributed by atoms with Gasteiger partial charge in [-0.25, -0.2) is 22.6 Å². The maximum Gasteiger partial charge on any atom is 0.411 e. The van der Waals surface area contributed by atoms with Crippen molar-refractivity contribution in [3.8, 4) is 11.5 Å². The number of hydrogen-bond donors (Lipinski definition) is 4. The fourth-order valence-electron chi connectivity index (χ4n) is 5.58. The van der Waals surface area contributed by atoms with Gasteiger partial charge in [0, 0.05) is 41.1 Å². The average Bonchev–Trinajstić information content (AvgIpc) is 3.53. The van der Waals surface area contributed by atoms with Gasteiger partial charge in [-0.15, -0.1) is 0 Å². The van der Waals surface area contributed by atoms with Gasteiger partial charge in [-0.1, -0.05) is 0 Å². The molecule has 14 heteroatoms. The summed E-state index contributed by atoms with van der Waals surface area (Å²) in [7, 11) is 0.945. The van der Waals surface area contributed by atoms with Crippen LogP contribution in [0.1, 0.15) is 36.1 Å². The van der Waals surface area contributed by atoms with Crippen LogP contribution in [0.25, 0.3) is 10.8 Å². The Kier molecular flexibility index (Phi) is 9.23. The van der Waals surface area contributed by atoms with Crippen LogP contribution in [0.4, 0.5) is 26.4 Å². The van der Waals surface area contributed by atoms with Crippen LogP contribution in [0.2, 0.25) is 0 Å². The van der Waals surface area contributed by atoms with E-state index in [1.54, 1.807) is 30.5 Å². The minimum absolute atomic E-state index is 0.00567. The van der Waals surface area contributed by atoms with Crippen LogP contribution in [0.3, 0.4) is 0 Å². The lowest BCUT2D eigenvalue weighted by Crippen LogP contribution is -2.38. The van der Waals surface area contributed by atoms with Crippen molar-refractivity contribution in [3.05, 3.63) is 77.7 Å². The molecule has 2 amide bonds. The molecule has 0 saturated carbocycles. The number of fused-ring (bicyclic) bond motifs is 1. The molecule has 1 fully saturated rings. The van der Waals surface area contributed by atoms with E-state index in [4.69, 9.17) is 15.2 Å². The summed E-state index contributed by atoms with van der Waals surface area (Å²) in [6, 6.07) is 11.9. The first kappa shape index (κ1) is 31.3. The molecule has 45 heavy (non-hydrogen) atoms. The molecular formula is C31H32FN5O7S.